The molecule has 0 saturated carbocycles. The zero-order valence-electron chi connectivity index (χ0n) is 24.3. The SMILES string of the molecule is CCC(=O)OOc1ccc(S(=O)(=O)Nc2ccc(N3CCC(NC[C@H](O)c4ccc(O)c(NS(C)(=O)=O)c4)CC3)cc2)cc1. The highest BCUT2D eigenvalue weighted by molar-refractivity contribution is 7.92. The number of nitrogens with zero attached hydrogens (tertiary/aromatic N) is 1. The monoisotopic (exact) mass is 648 g/mol. The summed E-state index contributed by atoms with van der Waals surface area (Å²) < 4.78 is 53.5. The Hall–Kier alpha value is -4.05. The number of phenolic OH excluding ortho intramolecular Hbond substituents is 1. The van der Waals surface area contributed by atoms with Crippen molar-refractivity contribution in [3.8, 4) is 11.5 Å². The molecule has 0 bridgehead atoms. The quantitative estimate of drug-likeness (QED) is 0.104. The van der Waals surface area contributed by atoms with Gasteiger partial charge >= 0.3 is 5.97 Å². The minimum atomic E-state index is -3.86. The number of aliphatic hydroxyl groups excluding tert-OH is 1. The number of carbonyl (C=O) groups excluding carboxylic acids is 1. The Balaban J connectivity index is 1.25. The molecule has 0 aliphatic carbocycles. The topological polar surface area (TPSA) is 184 Å². The van der Waals surface area contributed by atoms with Crippen LogP contribution in [0.25, 0.3) is 0 Å². The maximum atomic E-state index is 12.8. The number of rotatable bonds is 13. The van der Waals surface area contributed by atoms with E-state index in [4.69, 9.17) is 4.89 Å². The standard InChI is InChI=1S/C29H36N4O9S2/c1-3-29(36)42-41-24-9-11-25(12-10-24)44(39,40)31-22-5-7-23(8-6-22)33-16-14-21(15-17-33)30-19-28(35)20-4-13-27(34)26(18-20)32-43(2,37)38/h4-13,18,21,28,30-32,34-35H,3,14-17,19H2,1-2H3/t28-/m0/s1. The fourth-order valence-electron chi connectivity index (χ4n) is 4.56. The third-order valence-electron chi connectivity index (χ3n) is 6.93. The summed E-state index contributed by atoms with van der Waals surface area (Å²) in [6.45, 7) is 3.38. The summed E-state index contributed by atoms with van der Waals surface area (Å²) in [7, 11) is -7.44. The van der Waals surface area contributed by atoms with Crippen LogP contribution in [0, 0.1) is 0 Å². The first-order valence-electron chi connectivity index (χ1n) is 13.9. The summed E-state index contributed by atoms with van der Waals surface area (Å²) in [6, 6.07) is 17.0. The number of aliphatic hydroxyl groups is 1. The van der Waals surface area contributed by atoms with Gasteiger partial charge in [0, 0.05) is 43.5 Å². The molecule has 0 radical (unpaired) electrons. The number of sulfonamides is 2. The van der Waals surface area contributed by atoms with E-state index >= 15 is 0 Å². The first-order valence-corrected chi connectivity index (χ1v) is 17.3. The number of carbonyl (C=O) groups is 1. The van der Waals surface area contributed by atoms with Crippen LogP contribution in [-0.2, 0) is 29.7 Å². The largest absolute Gasteiger partial charge is 0.506 e. The van der Waals surface area contributed by atoms with Crippen LogP contribution in [0.4, 0.5) is 17.1 Å². The second-order valence-electron chi connectivity index (χ2n) is 10.4. The van der Waals surface area contributed by atoms with E-state index in [1.54, 1.807) is 25.1 Å². The molecule has 1 fully saturated rings. The fraction of sp³-hybridized carbons (Fsp3) is 0.345. The molecule has 1 heterocycles. The molecule has 15 heteroatoms. The maximum absolute atomic E-state index is 12.8. The number of nitrogens with one attached hydrogen (secondary N) is 3. The van der Waals surface area contributed by atoms with Gasteiger partial charge in [-0.05, 0) is 79.1 Å². The molecule has 3 aromatic rings. The first kappa shape index (κ1) is 32.9. The number of piperidine rings is 1. The van der Waals surface area contributed by atoms with E-state index in [9.17, 15) is 31.8 Å². The third kappa shape index (κ3) is 9.22. The van der Waals surface area contributed by atoms with Crippen LogP contribution in [0.2, 0.25) is 0 Å². The lowest BCUT2D eigenvalue weighted by Crippen LogP contribution is -2.43. The van der Waals surface area contributed by atoms with Gasteiger partial charge in [-0.25, -0.2) is 21.6 Å². The smallest absolute Gasteiger partial charge is 0.355 e. The zero-order chi connectivity index (χ0) is 31.9. The molecule has 1 aliphatic heterocycles. The van der Waals surface area contributed by atoms with Crippen LogP contribution in [0.5, 0.6) is 11.5 Å². The van der Waals surface area contributed by atoms with Crippen LogP contribution in [0.1, 0.15) is 37.9 Å². The van der Waals surface area contributed by atoms with Crippen LogP contribution in [0.15, 0.2) is 71.6 Å². The van der Waals surface area contributed by atoms with Crippen molar-refractivity contribution >= 4 is 43.1 Å². The highest BCUT2D eigenvalue weighted by Crippen LogP contribution is 2.28. The van der Waals surface area contributed by atoms with E-state index in [-0.39, 0.29) is 41.1 Å². The normalized spacial score (nSPS) is 14.9. The van der Waals surface area contributed by atoms with E-state index < -0.39 is 32.1 Å². The van der Waals surface area contributed by atoms with Crippen molar-refractivity contribution in [1.29, 1.82) is 0 Å². The van der Waals surface area contributed by atoms with Gasteiger partial charge < -0.3 is 20.4 Å². The van der Waals surface area contributed by atoms with Crippen LogP contribution < -0.4 is 24.5 Å². The highest BCUT2D eigenvalue weighted by Gasteiger charge is 2.21. The van der Waals surface area contributed by atoms with Gasteiger partial charge in [0.15, 0.2) is 5.75 Å². The van der Waals surface area contributed by atoms with Crippen LogP contribution in [-0.4, -0.2) is 64.9 Å². The summed E-state index contributed by atoms with van der Waals surface area (Å²) in [6.07, 6.45) is 1.86. The molecule has 4 rings (SSSR count). The molecule has 1 aliphatic rings. The van der Waals surface area contributed by atoms with Crippen molar-refractivity contribution in [2.24, 2.45) is 0 Å². The van der Waals surface area contributed by atoms with Crippen molar-refractivity contribution in [1.82, 2.24) is 5.32 Å². The molecule has 5 N–H and O–H groups in total. The Bertz CT molecular complexity index is 1640. The van der Waals surface area contributed by atoms with Crippen molar-refractivity contribution in [3.05, 3.63) is 72.3 Å². The van der Waals surface area contributed by atoms with Crippen molar-refractivity contribution in [2.45, 2.75) is 43.2 Å². The summed E-state index contributed by atoms with van der Waals surface area (Å²) in [5, 5.41) is 23.9. The molecule has 0 unspecified atom stereocenters. The predicted octanol–water partition coefficient (Wildman–Crippen LogP) is 3.10. The molecular weight excluding hydrogens is 612 g/mol. The Labute approximate surface area is 256 Å². The van der Waals surface area contributed by atoms with Gasteiger partial charge in [-0.1, -0.05) is 13.0 Å². The maximum Gasteiger partial charge on any atom is 0.355 e. The second-order valence-corrected chi connectivity index (χ2v) is 13.8. The Kier molecular flexibility index (Phi) is 10.6. The average molecular weight is 649 g/mol. The van der Waals surface area contributed by atoms with Crippen LogP contribution in [0.3, 0.4) is 0 Å². The van der Waals surface area contributed by atoms with Crippen molar-refractivity contribution in [3.63, 3.8) is 0 Å². The zero-order valence-corrected chi connectivity index (χ0v) is 25.9. The minimum absolute atomic E-state index is 0.00768. The fourth-order valence-corrected chi connectivity index (χ4v) is 6.18. The Morgan fingerprint density at radius 3 is 2.25 bits per heavy atom. The minimum Gasteiger partial charge on any atom is -0.506 e. The summed E-state index contributed by atoms with van der Waals surface area (Å²) >= 11 is 0. The van der Waals surface area contributed by atoms with Crippen molar-refractivity contribution in [2.75, 3.05) is 40.2 Å². The number of anilines is 3. The highest BCUT2D eigenvalue weighted by atomic mass is 32.2. The number of aromatic hydroxyl groups is 1. The van der Waals surface area contributed by atoms with E-state index in [0.29, 0.717) is 11.3 Å². The van der Waals surface area contributed by atoms with E-state index in [0.717, 1.165) is 37.9 Å². The van der Waals surface area contributed by atoms with E-state index in [1.165, 1.54) is 36.4 Å². The Morgan fingerprint density at radius 2 is 1.64 bits per heavy atom. The molecule has 1 saturated heterocycles. The second kappa shape index (κ2) is 14.2. The van der Waals surface area contributed by atoms with Crippen LogP contribution >= 0.6 is 0 Å². The van der Waals surface area contributed by atoms with Gasteiger partial charge in [-0.2, -0.15) is 0 Å². The summed E-state index contributed by atoms with van der Waals surface area (Å²) in [5.41, 5.74) is 1.83. The van der Waals surface area contributed by atoms with Gasteiger partial charge in [0.1, 0.15) is 5.75 Å². The predicted molar refractivity (Wildman–Crippen MR) is 165 cm³/mol. The summed E-state index contributed by atoms with van der Waals surface area (Å²) in [5.74, 6) is -0.579. The van der Waals surface area contributed by atoms with Gasteiger partial charge in [-0.3, -0.25) is 19.2 Å². The molecule has 238 valence electrons. The molecule has 0 spiro atoms. The molecule has 3 aromatic carbocycles. The van der Waals surface area contributed by atoms with Gasteiger partial charge in [-0.15, -0.1) is 0 Å². The Morgan fingerprint density at radius 1 is 0.977 bits per heavy atom. The number of benzene rings is 3. The van der Waals surface area contributed by atoms with Gasteiger partial charge in [0.25, 0.3) is 10.0 Å². The number of phenols is 1. The van der Waals surface area contributed by atoms with E-state index in [1.807, 2.05) is 12.1 Å². The molecular formula is C29H36N4O9S2. The lowest BCUT2D eigenvalue weighted by molar-refractivity contribution is -0.213. The average Bonchev–Trinajstić information content (AvgIpc) is 2.99. The van der Waals surface area contributed by atoms with Crippen molar-refractivity contribution < 1.29 is 41.6 Å². The van der Waals surface area contributed by atoms with Gasteiger partial charge in [0.2, 0.25) is 10.0 Å². The number of hydrogen-bond acceptors (Lipinski definition) is 11. The number of hydrogen-bond donors (Lipinski definition) is 5. The van der Waals surface area contributed by atoms with E-state index in [2.05, 4.69) is 24.5 Å². The lowest BCUT2D eigenvalue weighted by atomic mass is 10.0. The van der Waals surface area contributed by atoms with Gasteiger partial charge in [0.05, 0.1) is 22.9 Å². The molecule has 13 nitrogen and oxygen atoms in total. The molecule has 1 atom stereocenters. The molecule has 44 heavy (non-hydrogen) atoms. The molecule has 0 aromatic heterocycles. The third-order valence-corrected chi connectivity index (χ3v) is 8.92. The first-order chi connectivity index (χ1) is 20.8. The summed E-state index contributed by atoms with van der Waals surface area (Å²) in [4.78, 5) is 22.9. The molecule has 0 amide bonds. The lowest BCUT2D eigenvalue weighted by Gasteiger charge is -2.34.